The molecule has 9 amide bonds. The molecule has 0 aromatic heterocycles. The zero-order valence-electron chi connectivity index (χ0n) is 57.3. The van der Waals surface area contributed by atoms with Gasteiger partial charge in [0.15, 0.2) is 17.4 Å². The van der Waals surface area contributed by atoms with Gasteiger partial charge in [-0.25, -0.2) is 4.39 Å². The summed E-state index contributed by atoms with van der Waals surface area (Å²) in [4.78, 5) is 153. The van der Waals surface area contributed by atoms with Gasteiger partial charge in [-0.15, -0.1) is 0 Å². The highest BCUT2D eigenvalue weighted by molar-refractivity contribution is 6.08. The Morgan fingerprint density at radius 3 is 1.86 bits per heavy atom. The minimum absolute atomic E-state index is 0.00799. The Bertz CT molecular complexity index is 3930. The number of fused-ring (bicyclic) bond motifs is 2. The number of phenolic OH excluding ortho intramolecular Hbond substituents is 1. The van der Waals surface area contributed by atoms with Gasteiger partial charge in [-0.3, -0.25) is 62.7 Å². The average molecular weight is 1380 g/mol. The normalized spacial score (nSPS) is 19.0. The maximum absolute atomic E-state index is 16.1. The molecule has 27 heteroatoms. The van der Waals surface area contributed by atoms with Crippen molar-refractivity contribution in [2.45, 2.75) is 165 Å². The number of carbonyl (C=O) groups is 10. The second kappa shape index (κ2) is 34.1. The van der Waals surface area contributed by atoms with E-state index >= 15 is 23.6 Å². The fourth-order valence-electron chi connectivity index (χ4n) is 12.9. The number of halogens is 1. The number of guanidine groups is 1. The van der Waals surface area contributed by atoms with Crippen molar-refractivity contribution in [3.63, 3.8) is 0 Å². The van der Waals surface area contributed by atoms with E-state index in [4.69, 9.17) is 22.9 Å². The number of aliphatic hydroxyl groups excluding tert-OH is 1. The van der Waals surface area contributed by atoms with Crippen LogP contribution in [0.3, 0.4) is 0 Å². The van der Waals surface area contributed by atoms with Gasteiger partial charge >= 0.3 is 0 Å². The van der Waals surface area contributed by atoms with E-state index in [2.05, 4.69) is 31.6 Å². The maximum Gasteiger partial charge on any atom is 0.250 e. The summed E-state index contributed by atoms with van der Waals surface area (Å²) in [7, 11) is 1.25. The minimum atomic E-state index is -2.25. The van der Waals surface area contributed by atoms with Crippen molar-refractivity contribution in [1.82, 2.24) is 36.4 Å². The fourth-order valence-corrected chi connectivity index (χ4v) is 12.9. The minimum Gasteiger partial charge on any atom is -0.508 e. The highest BCUT2D eigenvalue weighted by Crippen LogP contribution is 2.33. The molecule has 2 aliphatic heterocycles. The van der Waals surface area contributed by atoms with Crippen LogP contribution < -0.4 is 59.3 Å². The highest BCUT2D eigenvalue weighted by atomic mass is 19.1. The number of aromatic hydroxyl groups is 1. The summed E-state index contributed by atoms with van der Waals surface area (Å²) >= 11 is 0. The van der Waals surface area contributed by atoms with Gasteiger partial charge < -0.3 is 69.5 Å². The number of nitrogens with two attached hydrogens (primary N) is 4. The number of hydrogen-bond donors (Lipinski definition) is 11. The third kappa shape index (κ3) is 18.8. The summed E-state index contributed by atoms with van der Waals surface area (Å²) in [5.74, 6) is -8.23. The van der Waals surface area contributed by atoms with Crippen molar-refractivity contribution in [2.24, 2.45) is 33.8 Å². The summed E-state index contributed by atoms with van der Waals surface area (Å²) in [6.45, 7) is 7.72. The number of nitrogens with one attached hydrogen (secondary N) is 5. The van der Waals surface area contributed by atoms with Crippen LogP contribution >= 0.6 is 0 Å². The summed E-state index contributed by atoms with van der Waals surface area (Å²) in [6.07, 6.45) is 5.68. The summed E-state index contributed by atoms with van der Waals surface area (Å²) in [5, 5.41) is 38.5. The molecule has 2 fully saturated rings. The smallest absolute Gasteiger partial charge is 0.250 e. The molecule has 0 saturated carbocycles. The number of aliphatic imine (C=N–C) groups is 1. The van der Waals surface area contributed by atoms with Crippen LogP contribution in [0, 0.1) is 5.92 Å². The molecule has 0 radical (unpaired) electrons. The molecular weight excluding hydrogens is 1280 g/mol. The number of benzene rings is 5. The SMILES string of the molecule is CC(C)C[C@H](NC(=O)[C@@H](C)N(C(=O)[C@H](Cc1ccc(O)cc1)NC(=O)[C@H](CO)N(C)C(=O)[C@@H](C)N(C(=O)[C@H](N)CC1=CCC(F)(C(=O)[C@@H]2CCCN2)C=C1)c1ccc2ccccc2c1)c1ccc2ccccc2c1)C(=O)N[C@@H](CCCN=C(N)N)C(=O)N1CCC[C@H]1C(=O)N[C@H](C)C(N)=O. The van der Waals surface area contributed by atoms with Crippen LogP contribution in [-0.2, 0) is 54.4 Å². The van der Waals surface area contributed by atoms with Gasteiger partial charge in [0, 0.05) is 44.4 Å². The molecule has 5 aromatic rings. The molecular formula is C73H93FN14O12. The van der Waals surface area contributed by atoms with Crippen molar-refractivity contribution < 1.29 is 62.5 Å². The van der Waals surface area contributed by atoms with Crippen molar-refractivity contribution in [3.8, 4) is 5.75 Å². The molecule has 15 N–H and O–H groups in total. The first-order chi connectivity index (χ1) is 47.6. The number of ketones is 1. The Morgan fingerprint density at radius 1 is 0.700 bits per heavy atom. The first kappa shape index (κ1) is 75.6. The Hall–Kier alpha value is -10.1. The first-order valence-corrected chi connectivity index (χ1v) is 33.9. The number of primary amides is 1. The van der Waals surface area contributed by atoms with E-state index < -0.39 is 132 Å². The summed E-state index contributed by atoms with van der Waals surface area (Å²) < 4.78 is 16.1. The van der Waals surface area contributed by atoms with Crippen LogP contribution in [0.15, 0.2) is 138 Å². The van der Waals surface area contributed by atoms with Crippen molar-refractivity contribution >= 4 is 97.8 Å². The monoisotopic (exact) mass is 1380 g/mol. The van der Waals surface area contributed by atoms with Crippen LogP contribution in [-0.4, -0.2) is 184 Å². The summed E-state index contributed by atoms with van der Waals surface area (Å²) in [5.41, 5.74) is 22.4. The third-order valence-corrected chi connectivity index (χ3v) is 18.6. The molecule has 3 aliphatic rings. The van der Waals surface area contributed by atoms with Gasteiger partial charge in [0.25, 0.3) is 5.91 Å². The molecule has 2 saturated heterocycles. The van der Waals surface area contributed by atoms with E-state index in [9.17, 15) is 39.0 Å². The predicted molar refractivity (Wildman–Crippen MR) is 378 cm³/mol. The molecule has 5 aromatic carbocycles. The number of hydrogen-bond acceptors (Lipinski definition) is 15. The molecule has 8 rings (SSSR count). The first-order valence-electron chi connectivity index (χ1n) is 33.9. The van der Waals surface area contributed by atoms with Gasteiger partial charge in [-0.2, -0.15) is 0 Å². The van der Waals surface area contributed by atoms with Crippen molar-refractivity contribution in [3.05, 3.63) is 139 Å². The quantitative estimate of drug-likeness (QED) is 0.0173. The number of allylic oxidation sites excluding steroid dienone is 3. The molecule has 26 nitrogen and oxygen atoms in total. The number of anilines is 2. The van der Waals surface area contributed by atoms with Gasteiger partial charge in [-0.1, -0.05) is 98.8 Å². The molecule has 0 bridgehead atoms. The number of Topliss-reactive ketones (excluding diaryl/α,β-unsaturated/α-hetero) is 1. The standard InChI is InChI=1S/C73H93FN14O12/c1-42(2)36-58(65(94)82-57(19-12-34-80-72(77)78)70(99)86-35-13-20-60(86)66(95)81-43(3)63(76)92)83-64(93)44(4)87(52-25-23-48-14-7-9-16-50(48)39-52)71(100)59(38-46-21-27-54(90)28-22-46)84-67(96)61(41-89)85(6)68(97)45(5)88(53-26-24-49-15-8-10-17-51(49)40-53)69(98)55(75)37-47-29-31-73(74,32-30-47)62(91)56-18-11-33-79-56/h7-10,14-17,21-31,39-40,42-45,55-61,79,89-90H,11-13,18-20,32-38,41,75H2,1-6H3,(H2,76,92)(H,81,95)(H,82,94)(H,83,93)(H,84,96)(H4,77,78,80)/t43-,44-,45-,55-,56+,57+,58+,59+,60+,61+,73?/m1/s1. The lowest BCUT2D eigenvalue weighted by atomic mass is 9.85. The molecule has 1 aliphatic carbocycles. The lowest BCUT2D eigenvalue weighted by Crippen LogP contribution is -2.62. The highest BCUT2D eigenvalue weighted by Gasteiger charge is 2.44. The zero-order chi connectivity index (χ0) is 72.7. The van der Waals surface area contributed by atoms with Gasteiger partial charge in [0.05, 0.1) is 18.7 Å². The number of rotatable bonds is 31. The molecule has 534 valence electrons. The molecule has 1 unspecified atom stereocenters. The summed E-state index contributed by atoms with van der Waals surface area (Å²) in [6, 6.07) is 17.6. The van der Waals surface area contributed by atoms with Crippen molar-refractivity contribution in [1.29, 1.82) is 0 Å². The van der Waals surface area contributed by atoms with E-state index in [0.717, 1.165) is 27.0 Å². The molecule has 2 heterocycles. The third-order valence-electron chi connectivity index (χ3n) is 18.6. The number of aliphatic hydroxyl groups is 1. The van der Waals surface area contributed by atoms with Gasteiger partial charge in [-0.05, 0) is 160 Å². The Labute approximate surface area is 580 Å². The van der Waals surface area contributed by atoms with Crippen LogP contribution in [0.2, 0.25) is 0 Å². The number of nitrogens with zero attached hydrogens (tertiary/aromatic N) is 5. The molecule has 0 spiro atoms. The topological polar surface area (TPSA) is 401 Å². The number of likely N-dealkylation sites (tertiary alicyclic amines) is 1. The fraction of sp³-hybridized carbons (Fsp3) is 0.438. The number of phenols is 1. The van der Waals surface area contributed by atoms with Crippen LogP contribution in [0.25, 0.3) is 21.5 Å². The average Bonchev–Trinajstić information content (AvgIpc) is 0.878. The van der Waals surface area contributed by atoms with E-state index in [1.807, 2.05) is 44.2 Å². The lowest BCUT2D eigenvalue weighted by Gasteiger charge is -2.36. The van der Waals surface area contributed by atoms with Crippen molar-refractivity contribution in [2.75, 3.05) is 43.1 Å². The largest absolute Gasteiger partial charge is 0.508 e. The van der Waals surface area contributed by atoms with Crippen LogP contribution in [0.1, 0.15) is 98.0 Å². The lowest BCUT2D eigenvalue weighted by molar-refractivity contribution is -0.142. The zero-order valence-corrected chi connectivity index (χ0v) is 57.3. The number of amides is 9. The van der Waals surface area contributed by atoms with Gasteiger partial charge in [0.2, 0.25) is 47.3 Å². The second-order valence-corrected chi connectivity index (χ2v) is 26.4. The van der Waals surface area contributed by atoms with E-state index in [-0.39, 0.29) is 87.0 Å². The van der Waals surface area contributed by atoms with Gasteiger partial charge in [0.1, 0.15) is 54.1 Å². The number of carbonyl (C=O) groups excluding carboxylic acids is 10. The molecule has 11 atom stereocenters. The van der Waals surface area contributed by atoms with E-state index in [0.29, 0.717) is 41.3 Å². The van der Waals surface area contributed by atoms with Crippen LogP contribution in [0.4, 0.5) is 15.8 Å². The predicted octanol–water partition coefficient (Wildman–Crippen LogP) is 3.07. The Morgan fingerprint density at radius 2 is 1.30 bits per heavy atom. The van der Waals surface area contributed by atoms with Crippen LogP contribution in [0.5, 0.6) is 5.75 Å². The van der Waals surface area contributed by atoms with E-state index in [1.54, 1.807) is 54.6 Å². The number of likely N-dealkylation sites (N-methyl/N-ethyl adjacent to an activating group) is 1. The Kier molecular flexibility index (Phi) is 25.8. The molecule has 100 heavy (non-hydrogen) atoms. The Balaban J connectivity index is 1.07. The second-order valence-electron chi connectivity index (χ2n) is 26.4. The van der Waals surface area contributed by atoms with E-state index in [1.165, 1.54) is 80.1 Å². The maximum atomic E-state index is 16.1. The number of alkyl halides is 1.